The molecule has 0 radical (unpaired) electrons. The Bertz CT molecular complexity index is 1810. The van der Waals surface area contributed by atoms with Crippen LogP contribution in [0.5, 0.6) is 0 Å². The molecule has 64 heavy (non-hydrogen) atoms. The van der Waals surface area contributed by atoms with Crippen molar-refractivity contribution in [3.05, 3.63) is 30.4 Å². The molecule has 4 rings (SSSR count). The molecule has 362 valence electrons. The lowest BCUT2D eigenvalue weighted by atomic mass is 9.76. The minimum Gasteiger partial charge on any atom is -0.457 e. The zero-order valence-corrected chi connectivity index (χ0v) is 40.6. The summed E-state index contributed by atoms with van der Waals surface area (Å²) in [6.07, 6.45) is -2.27. The predicted molar refractivity (Wildman–Crippen MR) is 231 cm³/mol. The standard InChI is InChI=1S/C46H73N3O15/c1-17-34-44(10,64-43(54)49-19-18-47-24-49)21-25(2)36(52)26(3)22-45(11,55-15)39(63-42-38(59-31(8)50)33(48(13)14)20-27(4)57-42)28(5)37(29(6)41(53)61-34)62-35-23-46(12,56-16)40(30(7)58-35)60-32(9)51/h18-19,21,24,26-30,33-35,37-40,42H,17,20,22-23H2,1-16H3/t26-,27-,28+,29-,30+,33+,34-,35+,37+,38-,39-,40+,42?,44+,45+,46-/m1/s1. The molecule has 0 amide bonds. The summed E-state index contributed by atoms with van der Waals surface area (Å²) < 4.78 is 64.5. The molecule has 1 aromatic heterocycles. The van der Waals surface area contributed by atoms with Gasteiger partial charge in [0.1, 0.15) is 18.0 Å². The summed E-state index contributed by atoms with van der Waals surface area (Å²) in [6.45, 7) is 20.2. The summed E-state index contributed by atoms with van der Waals surface area (Å²) in [5.41, 5.74) is -3.75. The van der Waals surface area contributed by atoms with E-state index in [1.165, 1.54) is 52.9 Å². The minimum atomic E-state index is -1.63. The molecular formula is C46H73N3O15. The van der Waals surface area contributed by atoms with Gasteiger partial charge in [-0.1, -0.05) is 20.8 Å². The normalized spacial score (nSPS) is 39.3. The highest BCUT2D eigenvalue weighted by molar-refractivity contribution is 5.96. The van der Waals surface area contributed by atoms with Crippen LogP contribution in [0.3, 0.4) is 0 Å². The van der Waals surface area contributed by atoms with E-state index in [-0.39, 0.29) is 42.8 Å². The third-order valence-electron chi connectivity index (χ3n) is 13.1. The fraction of sp³-hybridized carbons (Fsp3) is 0.783. The number of rotatable bonds is 11. The van der Waals surface area contributed by atoms with Gasteiger partial charge in [-0.3, -0.25) is 19.2 Å². The number of likely N-dealkylation sites (N-methyl/N-ethyl adjacent to an activating group) is 1. The van der Waals surface area contributed by atoms with Gasteiger partial charge in [-0.15, -0.1) is 0 Å². The summed E-state index contributed by atoms with van der Waals surface area (Å²) in [6, 6.07) is -0.299. The second kappa shape index (κ2) is 21.7. The molecule has 1 unspecified atom stereocenters. The Morgan fingerprint density at radius 2 is 1.52 bits per heavy atom. The van der Waals surface area contributed by atoms with Crippen LogP contribution >= 0.6 is 0 Å². The lowest BCUT2D eigenvalue weighted by Gasteiger charge is -2.50. The summed E-state index contributed by atoms with van der Waals surface area (Å²) >= 11 is 0. The van der Waals surface area contributed by atoms with Crippen molar-refractivity contribution in [3.8, 4) is 0 Å². The number of allylic oxidation sites excluding steroid dienone is 1. The number of hydrogen-bond acceptors (Lipinski definition) is 17. The van der Waals surface area contributed by atoms with Crippen LogP contribution < -0.4 is 0 Å². The van der Waals surface area contributed by atoms with Crippen molar-refractivity contribution in [2.24, 2.45) is 17.8 Å². The third kappa shape index (κ3) is 12.2. The van der Waals surface area contributed by atoms with Gasteiger partial charge in [0.15, 0.2) is 36.2 Å². The smallest absolute Gasteiger partial charge is 0.420 e. The minimum absolute atomic E-state index is 0.0849. The number of ether oxygens (including phenoxy) is 10. The number of hydrogen-bond donors (Lipinski definition) is 0. The molecule has 18 nitrogen and oxygen atoms in total. The third-order valence-corrected chi connectivity index (χ3v) is 13.1. The topological polar surface area (TPSA) is 199 Å². The van der Waals surface area contributed by atoms with Crippen LogP contribution in [-0.4, -0.2) is 151 Å². The molecule has 0 aromatic carbocycles. The van der Waals surface area contributed by atoms with E-state index in [0.29, 0.717) is 6.42 Å². The summed E-state index contributed by atoms with van der Waals surface area (Å²) in [5.74, 6) is -4.59. The van der Waals surface area contributed by atoms with Crippen molar-refractivity contribution in [1.82, 2.24) is 14.5 Å². The number of imidazole rings is 1. The molecule has 0 spiro atoms. The van der Waals surface area contributed by atoms with Crippen molar-refractivity contribution in [3.63, 3.8) is 0 Å². The van der Waals surface area contributed by atoms with Crippen molar-refractivity contribution >= 4 is 29.8 Å². The van der Waals surface area contributed by atoms with Crippen LogP contribution in [-0.2, 0) is 66.5 Å². The number of ketones is 1. The molecule has 0 aliphatic carbocycles. The van der Waals surface area contributed by atoms with Gasteiger partial charge in [-0.05, 0) is 93.5 Å². The Morgan fingerprint density at radius 3 is 2.06 bits per heavy atom. The quantitative estimate of drug-likeness (QED) is 0.201. The van der Waals surface area contributed by atoms with E-state index < -0.39 is 108 Å². The molecule has 1 aromatic rings. The monoisotopic (exact) mass is 908 g/mol. The molecule has 3 aliphatic rings. The van der Waals surface area contributed by atoms with Crippen molar-refractivity contribution < 1.29 is 71.3 Å². The number of nitrogens with zero attached hydrogens (tertiary/aromatic N) is 3. The first-order valence-electron chi connectivity index (χ1n) is 22.2. The van der Waals surface area contributed by atoms with Crippen LogP contribution in [0.25, 0.3) is 0 Å². The number of Topliss-reactive ketones (excluding diaryl/α,β-unsaturated/α-hetero) is 1. The van der Waals surface area contributed by atoms with Crippen LogP contribution in [0.4, 0.5) is 4.79 Å². The maximum atomic E-state index is 14.8. The molecular weight excluding hydrogens is 835 g/mol. The molecule has 18 heteroatoms. The van der Waals surface area contributed by atoms with Gasteiger partial charge in [-0.2, -0.15) is 0 Å². The number of esters is 3. The van der Waals surface area contributed by atoms with Crippen molar-refractivity contribution in [2.75, 3.05) is 28.3 Å². The van der Waals surface area contributed by atoms with E-state index in [9.17, 15) is 24.0 Å². The Balaban J connectivity index is 1.93. The highest BCUT2D eigenvalue weighted by atomic mass is 16.7. The lowest BCUT2D eigenvalue weighted by Crippen LogP contribution is -2.61. The summed E-state index contributed by atoms with van der Waals surface area (Å²) in [4.78, 5) is 73.6. The lowest BCUT2D eigenvalue weighted by molar-refractivity contribution is -0.320. The second-order valence-corrected chi connectivity index (χ2v) is 18.7. The fourth-order valence-electron chi connectivity index (χ4n) is 9.64. The van der Waals surface area contributed by atoms with Gasteiger partial charge in [0, 0.05) is 58.7 Å². The molecule has 2 saturated heterocycles. The molecule has 2 fully saturated rings. The van der Waals surface area contributed by atoms with E-state index in [0.717, 1.165) is 4.57 Å². The zero-order valence-electron chi connectivity index (χ0n) is 40.6. The molecule has 4 heterocycles. The van der Waals surface area contributed by atoms with E-state index >= 15 is 0 Å². The van der Waals surface area contributed by atoms with Gasteiger partial charge >= 0.3 is 24.0 Å². The van der Waals surface area contributed by atoms with Gasteiger partial charge in [0.2, 0.25) is 0 Å². The summed E-state index contributed by atoms with van der Waals surface area (Å²) in [5, 5.41) is 0. The Hall–Kier alpha value is -3.78. The second-order valence-electron chi connectivity index (χ2n) is 18.7. The van der Waals surface area contributed by atoms with Gasteiger partial charge in [0.25, 0.3) is 0 Å². The van der Waals surface area contributed by atoms with E-state index in [1.807, 2.05) is 39.8 Å². The molecule has 0 bridgehead atoms. The molecule has 0 saturated carbocycles. The molecule has 3 aliphatic heterocycles. The van der Waals surface area contributed by atoms with Gasteiger partial charge in [-0.25, -0.2) is 14.3 Å². The first kappa shape index (κ1) is 52.8. The van der Waals surface area contributed by atoms with E-state index in [1.54, 1.807) is 48.5 Å². The van der Waals surface area contributed by atoms with Gasteiger partial charge < -0.3 is 52.3 Å². The molecule has 16 atom stereocenters. The zero-order chi connectivity index (χ0) is 48.1. The number of cyclic esters (lactones) is 1. The van der Waals surface area contributed by atoms with Gasteiger partial charge in [0.05, 0.1) is 42.0 Å². The van der Waals surface area contributed by atoms with Crippen LogP contribution in [0.15, 0.2) is 30.4 Å². The number of carbonyl (C=O) groups is 5. The van der Waals surface area contributed by atoms with Crippen LogP contribution in [0.2, 0.25) is 0 Å². The first-order chi connectivity index (χ1) is 29.8. The number of carbonyl (C=O) groups excluding carboxylic acids is 5. The predicted octanol–water partition coefficient (Wildman–Crippen LogP) is 5.42. The fourth-order valence-corrected chi connectivity index (χ4v) is 9.64. The van der Waals surface area contributed by atoms with Crippen molar-refractivity contribution in [2.45, 2.75) is 187 Å². The van der Waals surface area contributed by atoms with E-state index in [2.05, 4.69) is 4.98 Å². The van der Waals surface area contributed by atoms with Crippen LogP contribution in [0.1, 0.15) is 109 Å². The largest absolute Gasteiger partial charge is 0.457 e. The Morgan fingerprint density at radius 1 is 0.891 bits per heavy atom. The maximum Gasteiger partial charge on any atom is 0.420 e. The van der Waals surface area contributed by atoms with Crippen LogP contribution in [0, 0.1) is 17.8 Å². The Labute approximate surface area is 378 Å². The number of methoxy groups -OCH3 is 2. The molecule has 0 N–H and O–H groups in total. The average Bonchev–Trinajstić information content (AvgIpc) is 3.77. The SMILES string of the molecule is CC[C@H]1OC(=O)[C@H](C)[C@@H](O[C@H]2C[C@@](C)(OC)[C@@H](OC(C)=O)[C@H](C)O2)[C@H](C)[C@@H](OC2O[C@H](C)C[C@H](N(C)C)[C@H]2OC(C)=O)[C@@](C)(OC)C[C@@H](C)C(=O)C(C)=C[C@]1(C)OC(=O)n1ccnc1. The first-order valence-corrected chi connectivity index (χ1v) is 22.2. The average molecular weight is 908 g/mol. The summed E-state index contributed by atoms with van der Waals surface area (Å²) in [7, 11) is 6.80. The Kier molecular flexibility index (Phi) is 17.9. The highest BCUT2D eigenvalue weighted by Crippen LogP contribution is 2.42. The van der Waals surface area contributed by atoms with E-state index in [4.69, 9.17) is 47.4 Å². The highest BCUT2D eigenvalue weighted by Gasteiger charge is 2.54. The van der Waals surface area contributed by atoms with Crippen molar-refractivity contribution in [1.29, 1.82) is 0 Å². The number of aromatic nitrogens is 2. The maximum absolute atomic E-state index is 14.8.